The summed E-state index contributed by atoms with van der Waals surface area (Å²) >= 11 is 0. The van der Waals surface area contributed by atoms with Crippen LogP contribution >= 0.6 is 0 Å². The lowest BCUT2D eigenvalue weighted by Crippen LogP contribution is -2.12. The number of carbonyl (C=O) groups excluding carboxylic acids is 1. The van der Waals surface area contributed by atoms with Crippen LogP contribution in [0.25, 0.3) is 0 Å². The first-order chi connectivity index (χ1) is 7.65. The van der Waals surface area contributed by atoms with Crippen molar-refractivity contribution in [3.63, 3.8) is 0 Å². The number of ether oxygens (including phenoxy) is 1. The lowest BCUT2D eigenvalue weighted by Gasteiger charge is -2.13. The van der Waals surface area contributed by atoms with Gasteiger partial charge in [0.05, 0.1) is 18.3 Å². The van der Waals surface area contributed by atoms with Gasteiger partial charge in [0.1, 0.15) is 0 Å². The molecule has 90 valence electrons. The van der Waals surface area contributed by atoms with Gasteiger partial charge in [-0.1, -0.05) is 19.1 Å². The van der Waals surface area contributed by atoms with Gasteiger partial charge in [0.15, 0.2) is 5.69 Å². The monoisotopic (exact) mass is 225 g/mol. The molecule has 1 aromatic heterocycles. The molecule has 0 saturated heterocycles. The summed E-state index contributed by atoms with van der Waals surface area (Å²) in [5.74, 6) is -0.391. The highest BCUT2D eigenvalue weighted by molar-refractivity contribution is 5.88. The van der Waals surface area contributed by atoms with Gasteiger partial charge in [-0.05, 0) is 26.7 Å². The third-order valence-electron chi connectivity index (χ3n) is 2.68. The van der Waals surface area contributed by atoms with Crippen LogP contribution in [0.3, 0.4) is 0 Å². The minimum absolute atomic E-state index is 0.302. The third-order valence-corrected chi connectivity index (χ3v) is 2.68. The normalized spacial score (nSPS) is 10.8. The molecule has 0 fully saturated rings. The van der Waals surface area contributed by atoms with Crippen molar-refractivity contribution in [1.29, 1.82) is 0 Å². The van der Waals surface area contributed by atoms with Crippen LogP contribution in [0, 0.1) is 6.92 Å². The molecule has 1 heterocycles. The minimum Gasteiger partial charge on any atom is -0.461 e. The zero-order valence-electron chi connectivity index (χ0n) is 10.4. The molecule has 5 nitrogen and oxygen atoms in total. The van der Waals surface area contributed by atoms with Gasteiger partial charge in [0.25, 0.3) is 0 Å². The van der Waals surface area contributed by atoms with E-state index in [0.29, 0.717) is 18.3 Å². The second kappa shape index (κ2) is 5.63. The van der Waals surface area contributed by atoms with Gasteiger partial charge in [-0.2, -0.15) is 0 Å². The van der Waals surface area contributed by atoms with Gasteiger partial charge >= 0.3 is 5.97 Å². The topological polar surface area (TPSA) is 57.0 Å². The van der Waals surface area contributed by atoms with Crippen molar-refractivity contribution < 1.29 is 9.53 Å². The van der Waals surface area contributed by atoms with Crippen LogP contribution in [0.15, 0.2) is 0 Å². The molecule has 0 bridgehead atoms. The Hall–Kier alpha value is -1.39. The van der Waals surface area contributed by atoms with E-state index in [1.165, 1.54) is 0 Å². The number of esters is 1. The van der Waals surface area contributed by atoms with E-state index in [1.54, 1.807) is 6.92 Å². The van der Waals surface area contributed by atoms with E-state index >= 15 is 0 Å². The summed E-state index contributed by atoms with van der Waals surface area (Å²) in [4.78, 5) is 11.5. The van der Waals surface area contributed by atoms with Crippen LogP contribution in [0.5, 0.6) is 0 Å². The van der Waals surface area contributed by atoms with Gasteiger partial charge in [-0.3, -0.25) is 0 Å². The van der Waals surface area contributed by atoms with E-state index in [-0.39, 0.29) is 0 Å². The molecule has 0 aliphatic heterocycles. The van der Waals surface area contributed by atoms with Crippen molar-refractivity contribution in [2.24, 2.45) is 0 Å². The Bertz CT molecular complexity index is 356. The molecule has 0 amide bonds. The highest BCUT2D eigenvalue weighted by atomic mass is 16.5. The van der Waals surface area contributed by atoms with E-state index in [4.69, 9.17) is 4.74 Å². The molecular formula is C11H19N3O2. The smallest absolute Gasteiger partial charge is 0.360 e. The van der Waals surface area contributed by atoms with Crippen molar-refractivity contribution in [2.45, 2.75) is 46.6 Å². The van der Waals surface area contributed by atoms with Gasteiger partial charge in [0, 0.05) is 0 Å². The summed E-state index contributed by atoms with van der Waals surface area (Å²) in [5.41, 5.74) is 1.11. The second-order valence-electron chi connectivity index (χ2n) is 3.66. The Balaban J connectivity index is 2.95. The Labute approximate surface area is 95.8 Å². The Morgan fingerprint density at radius 3 is 2.50 bits per heavy atom. The number of hydrogen-bond donors (Lipinski definition) is 0. The van der Waals surface area contributed by atoms with Crippen LogP contribution in [0.4, 0.5) is 0 Å². The third kappa shape index (κ3) is 2.40. The number of hydrogen-bond acceptors (Lipinski definition) is 4. The van der Waals surface area contributed by atoms with Crippen molar-refractivity contribution in [3.05, 3.63) is 11.4 Å². The molecule has 1 rings (SSSR count). The van der Waals surface area contributed by atoms with Crippen LogP contribution in [0.1, 0.15) is 55.8 Å². The number of aromatic nitrogens is 3. The SMILES string of the molecule is CCOC(=O)c1nnn(C(CC)CC)c1C. The number of rotatable bonds is 5. The van der Waals surface area contributed by atoms with Gasteiger partial charge in [0.2, 0.25) is 0 Å². The maximum Gasteiger partial charge on any atom is 0.360 e. The van der Waals surface area contributed by atoms with E-state index in [0.717, 1.165) is 18.5 Å². The van der Waals surface area contributed by atoms with Gasteiger partial charge < -0.3 is 4.74 Å². The quantitative estimate of drug-likeness (QED) is 0.720. The molecular weight excluding hydrogens is 206 g/mol. The summed E-state index contributed by atoms with van der Waals surface area (Å²) in [6.45, 7) is 8.18. The number of carbonyl (C=O) groups is 1. The second-order valence-corrected chi connectivity index (χ2v) is 3.66. The maximum atomic E-state index is 11.5. The fraction of sp³-hybridized carbons (Fsp3) is 0.727. The predicted octanol–water partition coefficient (Wildman–Crippen LogP) is 2.12. The molecule has 5 heteroatoms. The molecule has 1 aromatic rings. The minimum atomic E-state index is -0.391. The van der Waals surface area contributed by atoms with Crippen LogP contribution in [-0.4, -0.2) is 27.6 Å². The van der Waals surface area contributed by atoms with Crippen LogP contribution in [-0.2, 0) is 4.74 Å². The highest BCUT2D eigenvalue weighted by Crippen LogP contribution is 2.18. The van der Waals surface area contributed by atoms with Crippen molar-refractivity contribution in [3.8, 4) is 0 Å². The first-order valence-corrected chi connectivity index (χ1v) is 5.74. The Kier molecular flexibility index (Phi) is 4.46. The first kappa shape index (κ1) is 12.7. The van der Waals surface area contributed by atoms with Crippen LogP contribution < -0.4 is 0 Å². The summed E-state index contributed by atoms with van der Waals surface area (Å²) in [6, 6.07) is 0.302. The first-order valence-electron chi connectivity index (χ1n) is 5.74. The van der Waals surface area contributed by atoms with E-state index in [9.17, 15) is 4.79 Å². The van der Waals surface area contributed by atoms with Crippen molar-refractivity contribution in [1.82, 2.24) is 15.0 Å². The zero-order valence-corrected chi connectivity index (χ0v) is 10.4. The standard InChI is InChI=1S/C11H19N3O2/c1-5-9(6-2)14-8(4)10(12-13-14)11(15)16-7-3/h9H,5-7H2,1-4H3. The average molecular weight is 225 g/mol. The Morgan fingerprint density at radius 2 is 2.00 bits per heavy atom. The fourth-order valence-corrected chi connectivity index (χ4v) is 1.71. The molecule has 0 radical (unpaired) electrons. The summed E-state index contributed by atoms with van der Waals surface area (Å²) < 4.78 is 6.73. The van der Waals surface area contributed by atoms with E-state index in [2.05, 4.69) is 24.2 Å². The summed E-state index contributed by atoms with van der Waals surface area (Å²) in [6.07, 6.45) is 1.95. The summed E-state index contributed by atoms with van der Waals surface area (Å²) in [7, 11) is 0. The zero-order chi connectivity index (χ0) is 12.1. The Morgan fingerprint density at radius 1 is 1.38 bits per heavy atom. The van der Waals surface area contributed by atoms with Crippen molar-refractivity contribution >= 4 is 5.97 Å². The maximum absolute atomic E-state index is 11.5. The summed E-state index contributed by atoms with van der Waals surface area (Å²) in [5, 5.41) is 7.92. The van der Waals surface area contributed by atoms with Gasteiger partial charge in [-0.25, -0.2) is 9.48 Å². The lowest BCUT2D eigenvalue weighted by molar-refractivity contribution is 0.0518. The lowest BCUT2D eigenvalue weighted by atomic mass is 10.1. The average Bonchev–Trinajstić information content (AvgIpc) is 2.63. The molecule has 0 unspecified atom stereocenters. The van der Waals surface area contributed by atoms with Gasteiger partial charge in [-0.15, -0.1) is 5.10 Å². The number of nitrogens with zero attached hydrogens (tertiary/aromatic N) is 3. The molecule has 0 atom stereocenters. The fourth-order valence-electron chi connectivity index (χ4n) is 1.71. The highest BCUT2D eigenvalue weighted by Gasteiger charge is 2.20. The molecule has 0 aromatic carbocycles. The molecule has 0 aliphatic rings. The van der Waals surface area contributed by atoms with Crippen LogP contribution in [0.2, 0.25) is 0 Å². The van der Waals surface area contributed by atoms with E-state index in [1.807, 2.05) is 11.6 Å². The van der Waals surface area contributed by atoms with Crippen molar-refractivity contribution in [2.75, 3.05) is 6.61 Å². The largest absolute Gasteiger partial charge is 0.461 e. The molecule has 0 N–H and O–H groups in total. The molecule has 0 spiro atoms. The van der Waals surface area contributed by atoms with E-state index < -0.39 is 5.97 Å². The molecule has 0 saturated carbocycles. The molecule has 16 heavy (non-hydrogen) atoms. The molecule has 0 aliphatic carbocycles. The predicted molar refractivity (Wildman–Crippen MR) is 60.3 cm³/mol.